The van der Waals surface area contributed by atoms with E-state index in [1.807, 2.05) is 30.5 Å². The number of anilines is 1. The van der Waals surface area contributed by atoms with Crippen LogP contribution in [0.25, 0.3) is 11.3 Å². The van der Waals surface area contributed by atoms with Gasteiger partial charge in [-0.1, -0.05) is 42.5 Å². The number of rotatable bonds is 7. The van der Waals surface area contributed by atoms with Crippen LogP contribution >= 0.6 is 11.3 Å². The second-order valence-electron chi connectivity index (χ2n) is 4.85. The molecule has 0 saturated carbocycles. The van der Waals surface area contributed by atoms with E-state index in [0.717, 1.165) is 17.7 Å². The number of methoxy groups -OCH3 is 1. The van der Waals surface area contributed by atoms with Crippen molar-refractivity contribution < 1.29 is 9.53 Å². The largest absolute Gasteiger partial charge is 0.384 e. The molecule has 2 rings (SSSR count). The van der Waals surface area contributed by atoms with Gasteiger partial charge in [0.2, 0.25) is 5.91 Å². The lowest BCUT2D eigenvalue weighted by molar-refractivity contribution is -0.111. The van der Waals surface area contributed by atoms with Gasteiger partial charge in [-0.3, -0.25) is 10.1 Å². The van der Waals surface area contributed by atoms with Gasteiger partial charge in [-0.25, -0.2) is 4.98 Å². The number of carbonyl (C=O) groups is 1. The van der Waals surface area contributed by atoms with Gasteiger partial charge in [-0.15, -0.1) is 11.3 Å². The number of nitrogens with one attached hydrogen (secondary N) is 1. The lowest BCUT2D eigenvalue weighted by Gasteiger charge is -2.02. The van der Waals surface area contributed by atoms with Gasteiger partial charge in [0, 0.05) is 24.1 Å². The van der Waals surface area contributed by atoms with Gasteiger partial charge >= 0.3 is 0 Å². The van der Waals surface area contributed by atoms with Crippen LogP contribution < -0.4 is 5.32 Å². The highest BCUT2D eigenvalue weighted by molar-refractivity contribution is 7.14. The summed E-state index contributed by atoms with van der Waals surface area (Å²) in [5.74, 6) is -0.182. The van der Waals surface area contributed by atoms with Crippen LogP contribution in [0.4, 0.5) is 5.13 Å². The normalized spacial score (nSPS) is 11.4. The Morgan fingerprint density at radius 3 is 2.78 bits per heavy atom. The highest BCUT2D eigenvalue weighted by atomic mass is 32.1. The second kappa shape index (κ2) is 9.02. The van der Waals surface area contributed by atoms with Crippen molar-refractivity contribution in [3.05, 3.63) is 59.5 Å². The molecule has 0 aliphatic heterocycles. The average molecular weight is 328 g/mol. The third kappa shape index (κ3) is 5.47. The Labute approximate surface area is 140 Å². The van der Waals surface area contributed by atoms with E-state index in [-0.39, 0.29) is 5.91 Å². The Morgan fingerprint density at radius 1 is 1.30 bits per heavy atom. The number of nitrogens with zero attached hydrogens (tertiary/aromatic N) is 1. The summed E-state index contributed by atoms with van der Waals surface area (Å²) in [6.45, 7) is 2.61. The summed E-state index contributed by atoms with van der Waals surface area (Å²) in [5, 5.41) is 5.30. The molecule has 0 saturated heterocycles. The number of carbonyl (C=O) groups excluding carboxylic acids is 1. The van der Waals surface area contributed by atoms with Gasteiger partial charge in [-0.2, -0.15) is 0 Å². The highest BCUT2D eigenvalue weighted by Crippen LogP contribution is 2.25. The Hall–Kier alpha value is -2.24. The van der Waals surface area contributed by atoms with E-state index in [4.69, 9.17) is 4.74 Å². The summed E-state index contributed by atoms with van der Waals surface area (Å²) < 4.78 is 5.08. The first-order valence-corrected chi connectivity index (χ1v) is 8.25. The Balaban J connectivity index is 1.99. The minimum absolute atomic E-state index is 0.182. The van der Waals surface area contributed by atoms with E-state index in [9.17, 15) is 4.79 Å². The molecule has 23 heavy (non-hydrogen) atoms. The van der Waals surface area contributed by atoms with Gasteiger partial charge in [0.15, 0.2) is 5.13 Å². The van der Waals surface area contributed by atoms with Crippen molar-refractivity contribution in [1.82, 2.24) is 4.98 Å². The summed E-state index contributed by atoms with van der Waals surface area (Å²) in [4.78, 5) is 16.2. The third-order valence-corrected chi connectivity index (χ3v) is 3.89. The number of ether oxygens (including phenoxy) is 1. The number of hydrogen-bond donors (Lipinski definition) is 1. The number of hydrogen-bond acceptors (Lipinski definition) is 4. The predicted octanol–water partition coefficient (Wildman–Crippen LogP) is 4.07. The van der Waals surface area contributed by atoms with Crippen LogP contribution in [0.3, 0.4) is 0 Å². The molecule has 0 aliphatic carbocycles. The molecule has 1 amide bonds. The predicted molar refractivity (Wildman–Crippen MR) is 95.7 cm³/mol. The minimum Gasteiger partial charge on any atom is -0.384 e. The van der Waals surface area contributed by atoms with E-state index in [1.165, 1.54) is 23.0 Å². The van der Waals surface area contributed by atoms with Crippen molar-refractivity contribution in [1.29, 1.82) is 0 Å². The van der Waals surface area contributed by atoms with Crippen molar-refractivity contribution in [3.8, 4) is 11.3 Å². The second-order valence-corrected chi connectivity index (χ2v) is 5.71. The van der Waals surface area contributed by atoms with E-state index < -0.39 is 0 Å². The van der Waals surface area contributed by atoms with Crippen LogP contribution in [-0.2, 0) is 16.0 Å². The van der Waals surface area contributed by atoms with Gasteiger partial charge < -0.3 is 4.74 Å². The molecule has 4 nitrogen and oxygen atoms in total. The Bertz CT molecular complexity index is 687. The molecule has 120 valence electrons. The summed E-state index contributed by atoms with van der Waals surface area (Å²) in [7, 11) is 1.70. The van der Waals surface area contributed by atoms with E-state index >= 15 is 0 Å². The lowest BCUT2D eigenvalue weighted by atomic mass is 10.1. The van der Waals surface area contributed by atoms with Gasteiger partial charge in [0.1, 0.15) is 0 Å². The first-order chi connectivity index (χ1) is 11.2. The average Bonchev–Trinajstić information content (AvgIpc) is 3.02. The molecule has 1 N–H and O–H groups in total. The molecule has 1 aromatic heterocycles. The summed E-state index contributed by atoms with van der Waals surface area (Å²) >= 11 is 1.42. The number of allylic oxidation sites excluding steroid dienone is 3. The molecular weight excluding hydrogens is 308 g/mol. The molecule has 0 bridgehead atoms. The van der Waals surface area contributed by atoms with Crippen molar-refractivity contribution in [3.63, 3.8) is 0 Å². The van der Waals surface area contributed by atoms with Crippen molar-refractivity contribution in [2.45, 2.75) is 13.3 Å². The maximum Gasteiger partial charge on any atom is 0.250 e. The SMILES string of the molecule is C/C=C/C=C/C(=O)Nc1nc(-c2ccc(CCOC)cc2)cs1. The molecule has 0 atom stereocenters. The zero-order chi connectivity index (χ0) is 16.5. The lowest BCUT2D eigenvalue weighted by Crippen LogP contribution is -2.07. The maximum absolute atomic E-state index is 11.7. The fourth-order valence-electron chi connectivity index (χ4n) is 1.93. The quantitative estimate of drug-likeness (QED) is 0.616. The monoisotopic (exact) mass is 328 g/mol. The van der Waals surface area contributed by atoms with Crippen LogP contribution in [0.15, 0.2) is 53.9 Å². The molecule has 2 aromatic rings. The number of amides is 1. The molecule has 5 heteroatoms. The topological polar surface area (TPSA) is 51.2 Å². The zero-order valence-corrected chi connectivity index (χ0v) is 14.1. The number of benzene rings is 1. The Morgan fingerprint density at radius 2 is 2.09 bits per heavy atom. The molecular formula is C18H20N2O2S. The van der Waals surface area contributed by atoms with Crippen molar-refractivity contribution in [2.75, 3.05) is 19.0 Å². The van der Waals surface area contributed by atoms with Gasteiger partial charge in [0.25, 0.3) is 0 Å². The third-order valence-electron chi connectivity index (χ3n) is 3.13. The number of thiazole rings is 1. The number of aromatic nitrogens is 1. The van der Waals surface area contributed by atoms with E-state index in [0.29, 0.717) is 11.7 Å². The summed E-state index contributed by atoms with van der Waals surface area (Å²) in [6.07, 6.45) is 7.74. The Kier molecular flexibility index (Phi) is 6.72. The van der Waals surface area contributed by atoms with Crippen LogP contribution in [-0.4, -0.2) is 24.6 Å². The molecule has 0 fully saturated rings. The molecule has 0 aliphatic rings. The maximum atomic E-state index is 11.7. The van der Waals surface area contributed by atoms with Crippen LogP contribution in [0.1, 0.15) is 12.5 Å². The molecule has 0 spiro atoms. The molecule has 1 aromatic carbocycles. The first kappa shape index (κ1) is 17.1. The molecule has 1 heterocycles. The molecule has 0 radical (unpaired) electrons. The minimum atomic E-state index is -0.182. The van der Waals surface area contributed by atoms with Crippen molar-refractivity contribution >= 4 is 22.4 Å². The van der Waals surface area contributed by atoms with E-state index in [2.05, 4.69) is 22.4 Å². The smallest absolute Gasteiger partial charge is 0.250 e. The fourth-order valence-corrected chi connectivity index (χ4v) is 2.65. The van der Waals surface area contributed by atoms with E-state index in [1.54, 1.807) is 19.3 Å². The summed E-state index contributed by atoms with van der Waals surface area (Å²) in [6, 6.07) is 8.23. The van der Waals surface area contributed by atoms with Crippen LogP contribution in [0.5, 0.6) is 0 Å². The highest BCUT2D eigenvalue weighted by Gasteiger charge is 2.06. The fraction of sp³-hybridized carbons (Fsp3) is 0.222. The first-order valence-electron chi connectivity index (χ1n) is 7.37. The van der Waals surface area contributed by atoms with Crippen LogP contribution in [0.2, 0.25) is 0 Å². The molecule has 0 unspecified atom stereocenters. The summed E-state index contributed by atoms with van der Waals surface area (Å²) in [5.41, 5.74) is 3.13. The van der Waals surface area contributed by atoms with Gasteiger partial charge in [0.05, 0.1) is 12.3 Å². The van der Waals surface area contributed by atoms with Crippen LogP contribution in [0, 0.1) is 0 Å². The zero-order valence-electron chi connectivity index (χ0n) is 13.3. The standard InChI is InChI=1S/C18H20N2O2S/c1-3-4-5-6-17(21)20-18-19-16(13-23-18)15-9-7-14(8-10-15)11-12-22-2/h3-10,13H,11-12H2,1-2H3,(H,19,20,21)/b4-3+,6-5+. The van der Waals surface area contributed by atoms with Crippen molar-refractivity contribution in [2.24, 2.45) is 0 Å². The van der Waals surface area contributed by atoms with Gasteiger partial charge in [-0.05, 0) is 18.9 Å².